The van der Waals surface area contributed by atoms with E-state index >= 15 is 0 Å². The molecule has 1 amide bonds. The first-order valence-corrected chi connectivity index (χ1v) is 8.71. The summed E-state index contributed by atoms with van der Waals surface area (Å²) in [6, 6.07) is 11.9. The van der Waals surface area contributed by atoms with Gasteiger partial charge in [-0.05, 0) is 52.7 Å². The van der Waals surface area contributed by atoms with Gasteiger partial charge in [0.1, 0.15) is 17.7 Å². The normalized spacial score (nSPS) is 15.5. The van der Waals surface area contributed by atoms with Crippen LogP contribution < -0.4 is 15.0 Å². The smallest absolute Gasteiger partial charge is 0.217 e. The third-order valence-corrected chi connectivity index (χ3v) is 4.46. The fourth-order valence-corrected chi connectivity index (χ4v) is 2.91. The van der Waals surface area contributed by atoms with Crippen molar-refractivity contribution < 1.29 is 9.53 Å². The maximum atomic E-state index is 11.1. The Hall–Kier alpha value is -2.08. The molecular weight excluding hydrogens is 370 g/mol. The molecule has 24 heavy (non-hydrogen) atoms. The molecule has 1 saturated heterocycles. The van der Waals surface area contributed by atoms with Gasteiger partial charge in [0, 0.05) is 17.6 Å². The van der Waals surface area contributed by atoms with Gasteiger partial charge in [-0.15, -0.1) is 0 Å². The number of hydrogen-bond donors (Lipinski definition) is 1. The van der Waals surface area contributed by atoms with Crippen LogP contribution in [0.2, 0.25) is 0 Å². The highest BCUT2D eigenvalue weighted by molar-refractivity contribution is 9.10. The molecule has 0 saturated carbocycles. The number of halogens is 1. The molecule has 0 unspecified atom stereocenters. The topological polar surface area (TPSA) is 54.5 Å². The van der Waals surface area contributed by atoms with Crippen molar-refractivity contribution in [3.8, 4) is 5.75 Å². The number of rotatable bonds is 5. The van der Waals surface area contributed by atoms with E-state index in [-0.39, 0.29) is 18.1 Å². The molecule has 2 heterocycles. The van der Waals surface area contributed by atoms with Gasteiger partial charge in [0.25, 0.3) is 0 Å². The van der Waals surface area contributed by atoms with E-state index in [0.29, 0.717) is 0 Å². The molecule has 1 aliphatic rings. The monoisotopic (exact) mass is 389 g/mol. The zero-order chi connectivity index (χ0) is 17.1. The largest absolute Gasteiger partial charge is 0.487 e. The predicted molar refractivity (Wildman–Crippen MR) is 97.2 cm³/mol. The quantitative estimate of drug-likeness (QED) is 0.851. The van der Waals surface area contributed by atoms with Crippen LogP contribution in [0.15, 0.2) is 47.1 Å². The van der Waals surface area contributed by atoms with E-state index in [1.54, 1.807) is 6.20 Å². The standard InChI is InChI=1S/C18H20BrN3O2/c1-12(21-13(2)23)14-3-6-16(7-4-14)24-17-10-22(11-17)18-8-5-15(19)9-20-18/h3-9,12,17H,10-11H2,1-2H3,(H,21,23)/t12-/m0/s1. The maximum Gasteiger partial charge on any atom is 0.217 e. The maximum absolute atomic E-state index is 11.1. The molecule has 3 rings (SSSR count). The van der Waals surface area contributed by atoms with Crippen molar-refractivity contribution in [3.63, 3.8) is 0 Å². The highest BCUT2D eigenvalue weighted by Gasteiger charge is 2.29. The Balaban J connectivity index is 1.51. The zero-order valence-corrected chi connectivity index (χ0v) is 15.3. The van der Waals surface area contributed by atoms with Gasteiger partial charge < -0.3 is 15.0 Å². The van der Waals surface area contributed by atoms with Crippen molar-refractivity contribution >= 4 is 27.7 Å². The average molecular weight is 390 g/mol. The van der Waals surface area contributed by atoms with Crippen LogP contribution in [0, 0.1) is 0 Å². The van der Waals surface area contributed by atoms with Gasteiger partial charge in [0.15, 0.2) is 0 Å². The minimum absolute atomic E-state index is 0.000719. The first-order chi connectivity index (χ1) is 11.5. The van der Waals surface area contributed by atoms with Crippen molar-refractivity contribution in [2.75, 3.05) is 18.0 Å². The molecule has 0 spiro atoms. The van der Waals surface area contributed by atoms with Crippen LogP contribution in [-0.2, 0) is 4.79 Å². The van der Waals surface area contributed by atoms with E-state index in [0.717, 1.165) is 34.7 Å². The fraction of sp³-hybridized carbons (Fsp3) is 0.333. The Kier molecular flexibility index (Phi) is 5.04. The molecule has 1 aromatic carbocycles. The first kappa shape index (κ1) is 16.8. The summed E-state index contributed by atoms with van der Waals surface area (Å²) in [5.74, 6) is 1.79. The summed E-state index contributed by atoms with van der Waals surface area (Å²) in [5, 5.41) is 2.87. The first-order valence-electron chi connectivity index (χ1n) is 7.91. The Labute approximate surface area is 150 Å². The Bertz CT molecular complexity index is 697. The molecule has 1 fully saturated rings. The number of amides is 1. The van der Waals surface area contributed by atoms with Gasteiger partial charge >= 0.3 is 0 Å². The van der Waals surface area contributed by atoms with E-state index in [2.05, 4.69) is 31.1 Å². The van der Waals surface area contributed by atoms with Crippen molar-refractivity contribution in [2.24, 2.45) is 0 Å². The van der Waals surface area contributed by atoms with E-state index in [9.17, 15) is 4.79 Å². The molecule has 5 nitrogen and oxygen atoms in total. The molecule has 1 aliphatic heterocycles. The molecule has 0 radical (unpaired) electrons. The van der Waals surface area contributed by atoms with Crippen LogP contribution in [-0.4, -0.2) is 30.1 Å². The minimum atomic E-state index is -0.0288. The molecule has 0 bridgehead atoms. The molecule has 6 heteroatoms. The van der Waals surface area contributed by atoms with Crippen molar-refractivity contribution in [2.45, 2.75) is 26.0 Å². The molecule has 2 aromatic rings. The Morgan fingerprint density at radius 1 is 1.29 bits per heavy atom. The van der Waals surface area contributed by atoms with Crippen LogP contribution in [0.4, 0.5) is 5.82 Å². The fourth-order valence-electron chi connectivity index (χ4n) is 2.67. The van der Waals surface area contributed by atoms with Crippen molar-refractivity contribution in [1.82, 2.24) is 10.3 Å². The van der Waals surface area contributed by atoms with Gasteiger partial charge in [-0.3, -0.25) is 4.79 Å². The van der Waals surface area contributed by atoms with Gasteiger partial charge in [-0.2, -0.15) is 0 Å². The third-order valence-electron chi connectivity index (χ3n) is 3.99. The predicted octanol–water partition coefficient (Wildman–Crippen LogP) is 3.31. The lowest BCUT2D eigenvalue weighted by atomic mass is 10.1. The Morgan fingerprint density at radius 2 is 2.00 bits per heavy atom. The lowest BCUT2D eigenvalue weighted by molar-refractivity contribution is -0.119. The van der Waals surface area contributed by atoms with E-state index in [1.807, 2.05) is 43.3 Å². The molecule has 126 valence electrons. The number of carbonyl (C=O) groups is 1. The summed E-state index contributed by atoms with van der Waals surface area (Å²) < 4.78 is 6.96. The number of nitrogens with zero attached hydrogens (tertiary/aromatic N) is 2. The second kappa shape index (κ2) is 7.21. The van der Waals surface area contributed by atoms with E-state index in [4.69, 9.17) is 4.74 Å². The number of aromatic nitrogens is 1. The summed E-state index contributed by atoms with van der Waals surface area (Å²) in [4.78, 5) is 17.7. The summed E-state index contributed by atoms with van der Waals surface area (Å²) >= 11 is 3.39. The highest BCUT2D eigenvalue weighted by atomic mass is 79.9. The second-order valence-corrected chi connectivity index (χ2v) is 6.89. The van der Waals surface area contributed by atoms with Gasteiger partial charge in [0.05, 0.1) is 19.1 Å². The third kappa shape index (κ3) is 4.06. The number of nitrogens with one attached hydrogen (secondary N) is 1. The van der Waals surface area contributed by atoms with Gasteiger partial charge in [0.2, 0.25) is 5.91 Å². The van der Waals surface area contributed by atoms with E-state index in [1.165, 1.54) is 6.92 Å². The van der Waals surface area contributed by atoms with Gasteiger partial charge in [-0.25, -0.2) is 4.98 Å². The number of hydrogen-bond acceptors (Lipinski definition) is 4. The van der Waals surface area contributed by atoms with E-state index < -0.39 is 0 Å². The van der Waals surface area contributed by atoms with Crippen molar-refractivity contribution in [3.05, 3.63) is 52.6 Å². The average Bonchev–Trinajstić information content (AvgIpc) is 2.51. The van der Waals surface area contributed by atoms with Gasteiger partial charge in [-0.1, -0.05) is 12.1 Å². The zero-order valence-electron chi connectivity index (χ0n) is 13.7. The van der Waals surface area contributed by atoms with Crippen LogP contribution in [0.3, 0.4) is 0 Å². The Morgan fingerprint density at radius 3 is 2.58 bits per heavy atom. The number of pyridine rings is 1. The summed E-state index contributed by atoms with van der Waals surface area (Å²) in [6.45, 7) is 5.15. The number of anilines is 1. The minimum Gasteiger partial charge on any atom is -0.487 e. The lowest BCUT2D eigenvalue weighted by Crippen LogP contribution is -2.54. The molecular formula is C18H20BrN3O2. The molecule has 0 aliphatic carbocycles. The van der Waals surface area contributed by atoms with Crippen molar-refractivity contribution in [1.29, 1.82) is 0 Å². The lowest BCUT2D eigenvalue weighted by Gasteiger charge is -2.39. The molecule has 1 N–H and O–H groups in total. The molecule has 1 aromatic heterocycles. The van der Waals surface area contributed by atoms with Crippen LogP contribution in [0.1, 0.15) is 25.5 Å². The number of benzene rings is 1. The van der Waals surface area contributed by atoms with Crippen LogP contribution in [0.5, 0.6) is 5.75 Å². The highest BCUT2D eigenvalue weighted by Crippen LogP contribution is 2.24. The summed E-state index contributed by atoms with van der Waals surface area (Å²) in [6.07, 6.45) is 1.98. The van der Waals surface area contributed by atoms with Crippen LogP contribution >= 0.6 is 15.9 Å². The summed E-state index contributed by atoms with van der Waals surface area (Å²) in [5.41, 5.74) is 1.06. The SMILES string of the molecule is CC(=O)N[C@@H](C)c1ccc(OC2CN(c3ccc(Br)cn3)C2)cc1. The summed E-state index contributed by atoms with van der Waals surface area (Å²) in [7, 11) is 0. The number of ether oxygens (including phenoxy) is 1. The number of carbonyl (C=O) groups excluding carboxylic acids is 1. The molecule has 1 atom stereocenters. The second-order valence-electron chi connectivity index (χ2n) is 5.97. The van der Waals surface area contributed by atoms with Crippen LogP contribution in [0.25, 0.3) is 0 Å².